The van der Waals surface area contributed by atoms with Crippen molar-refractivity contribution in [3.05, 3.63) is 48.0 Å². The van der Waals surface area contributed by atoms with E-state index in [0.29, 0.717) is 18.8 Å². The van der Waals surface area contributed by atoms with Crippen LogP contribution in [-0.2, 0) is 10.5 Å². The Morgan fingerprint density at radius 1 is 1.00 bits per heavy atom. The monoisotopic (exact) mass is 438 g/mol. The quantitative estimate of drug-likeness (QED) is 0.691. The van der Waals surface area contributed by atoms with Crippen molar-refractivity contribution in [2.24, 2.45) is 0 Å². The molecule has 10 heteroatoms. The van der Waals surface area contributed by atoms with E-state index in [0.717, 1.165) is 29.9 Å². The van der Waals surface area contributed by atoms with Crippen LogP contribution < -0.4 is 19.0 Å². The highest BCUT2D eigenvalue weighted by molar-refractivity contribution is 7.81. The Bertz CT molecular complexity index is 967. The summed E-state index contributed by atoms with van der Waals surface area (Å²) < 4.78 is 48.3. The third kappa shape index (κ3) is 5.76. The van der Waals surface area contributed by atoms with E-state index in [1.165, 1.54) is 24.3 Å². The number of halogens is 1. The van der Waals surface area contributed by atoms with Gasteiger partial charge in [-0.15, -0.1) is 0 Å². The topological polar surface area (TPSA) is 94.2 Å². The number of anilines is 1. The van der Waals surface area contributed by atoms with Gasteiger partial charge in [0.25, 0.3) is 0 Å². The van der Waals surface area contributed by atoms with Gasteiger partial charge in [0, 0.05) is 24.8 Å². The first-order valence-electron chi connectivity index (χ1n) is 9.30. The molecule has 0 atom stereocenters. The Labute approximate surface area is 175 Å². The minimum atomic E-state index is -5.08. The number of urea groups is 1. The van der Waals surface area contributed by atoms with Gasteiger partial charge in [0.2, 0.25) is 0 Å². The van der Waals surface area contributed by atoms with Crippen LogP contribution in [0.2, 0.25) is 0 Å². The summed E-state index contributed by atoms with van der Waals surface area (Å²) in [4.78, 5) is 14.2. The lowest BCUT2D eigenvalue weighted by Crippen LogP contribution is -2.40. The van der Waals surface area contributed by atoms with Crippen molar-refractivity contribution in [1.29, 1.82) is 0 Å². The van der Waals surface area contributed by atoms with Crippen LogP contribution in [0.4, 0.5) is 14.4 Å². The largest absolute Gasteiger partial charge is 0.497 e. The fourth-order valence-corrected chi connectivity index (χ4v) is 3.73. The molecule has 1 N–H and O–H groups in total. The summed E-state index contributed by atoms with van der Waals surface area (Å²) in [6, 6.07) is 10.9. The average molecular weight is 438 g/mol. The van der Waals surface area contributed by atoms with E-state index < -0.39 is 10.5 Å². The Morgan fingerprint density at radius 2 is 1.57 bits per heavy atom. The maximum Gasteiger partial charge on any atom is 0.488 e. The summed E-state index contributed by atoms with van der Waals surface area (Å²) in [5.74, 6) is 1.58. The van der Waals surface area contributed by atoms with Crippen molar-refractivity contribution in [2.75, 3.05) is 32.6 Å². The van der Waals surface area contributed by atoms with Gasteiger partial charge in [-0.2, -0.15) is 8.42 Å². The highest BCUT2D eigenvalue weighted by Crippen LogP contribution is 2.33. The zero-order valence-electron chi connectivity index (χ0n) is 16.6. The number of carbonyl (C=O) groups is 1. The Morgan fingerprint density at radius 3 is 2.07 bits per heavy atom. The molecule has 1 aliphatic heterocycles. The van der Waals surface area contributed by atoms with Crippen LogP contribution in [0.25, 0.3) is 0 Å². The molecule has 0 aromatic heterocycles. The number of carbonyl (C=O) groups excluding carboxylic acids is 1. The molecular weight excluding hydrogens is 415 g/mol. The number of ether oxygens (including phenoxy) is 2. The highest BCUT2D eigenvalue weighted by Gasteiger charge is 2.24. The standard InChI is InChI=1S/C20H23FN2O6S/c1-27-18-11-15(12-19(13-18)28-2)14-7-9-23(10-8-14)20(24)22-16-3-5-17(6-4-16)29-30(21,25)26/h3-6,11-14H,7-10H2,1-2H3,(H,22,24). The van der Waals surface area contributed by atoms with Crippen molar-refractivity contribution in [1.82, 2.24) is 4.90 Å². The van der Waals surface area contributed by atoms with Crippen LogP contribution in [0.1, 0.15) is 24.3 Å². The SMILES string of the molecule is COc1cc(OC)cc(C2CCN(C(=O)Nc3ccc(OS(=O)(=O)F)cc3)CC2)c1. The molecule has 30 heavy (non-hydrogen) atoms. The molecule has 8 nitrogen and oxygen atoms in total. The zero-order valence-corrected chi connectivity index (χ0v) is 17.4. The summed E-state index contributed by atoms with van der Waals surface area (Å²) in [5, 5.41) is 2.74. The van der Waals surface area contributed by atoms with E-state index in [9.17, 15) is 17.1 Å². The molecule has 1 saturated heterocycles. The lowest BCUT2D eigenvalue weighted by atomic mass is 9.89. The summed E-state index contributed by atoms with van der Waals surface area (Å²) in [6.07, 6.45) is 1.59. The number of hydrogen-bond acceptors (Lipinski definition) is 6. The van der Waals surface area contributed by atoms with Crippen LogP contribution in [0.15, 0.2) is 42.5 Å². The third-order valence-corrected chi connectivity index (χ3v) is 5.32. The number of hydrogen-bond donors (Lipinski definition) is 1. The molecule has 3 rings (SSSR count). The average Bonchev–Trinajstić information content (AvgIpc) is 2.73. The second-order valence-corrected chi connectivity index (χ2v) is 7.79. The van der Waals surface area contributed by atoms with Crippen molar-refractivity contribution in [2.45, 2.75) is 18.8 Å². The molecule has 0 spiro atoms. The van der Waals surface area contributed by atoms with E-state index in [2.05, 4.69) is 9.50 Å². The minimum absolute atomic E-state index is 0.176. The molecule has 2 aromatic rings. The minimum Gasteiger partial charge on any atom is -0.497 e. The molecule has 1 aliphatic rings. The molecular formula is C20H23FN2O6S. The number of rotatable bonds is 6. The first-order chi connectivity index (χ1) is 14.3. The lowest BCUT2D eigenvalue weighted by Gasteiger charge is -2.32. The summed E-state index contributed by atoms with van der Waals surface area (Å²) >= 11 is 0. The Hall–Kier alpha value is -3.01. The second kappa shape index (κ2) is 9.21. The number of methoxy groups -OCH3 is 2. The molecule has 162 valence electrons. The zero-order chi connectivity index (χ0) is 21.7. The number of nitrogens with one attached hydrogen (secondary N) is 1. The lowest BCUT2D eigenvalue weighted by molar-refractivity contribution is 0.194. The predicted molar refractivity (Wildman–Crippen MR) is 109 cm³/mol. The van der Waals surface area contributed by atoms with Crippen LogP contribution in [0.3, 0.4) is 0 Å². The molecule has 2 aromatic carbocycles. The predicted octanol–water partition coefficient (Wildman–Crippen LogP) is 3.71. The maximum atomic E-state index is 12.5. The van der Waals surface area contributed by atoms with E-state index >= 15 is 0 Å². The molecule has 1 fully saturated rings. The molecule has 1 heterocycles. The number of piperidine rings is 1. The first kappa shape index (κ1) is 21.7. The van der Waals surface area contributed by atoms with E-state index in [-0.39, 0.29) is 17.7 Å². The highest BCUT2D eigenvalue weighted by atomic mass is 32.3. The molecule has 0 radical (unpaired) electrons. The van der Waals surface area contributed by atoms with Gasteiger partial charge in [-0.05, 0) is 60.7 Å². The maximum absolute atomic E-state index is 12.5. The van der Waals surface area contributed by atoms with Gasteiger partial charge in [0.15, 0.2) is 0 Å². The number of benzene rings is 2. The molecule has 0 bridgehead atoms. The third-order valence-electron chi connectivity index (χ3n) is 4.93. The molecule has 2 amide bonds. The van der Waals surface area contributed by atoms with Crippen molar-refractivity contribution in [3.8, 4) is 17.2 Å². The van der Waals surface area contributed by atoms with Gasteiger partial charge in [-0.3, -0.25) is 0 Å². The summed E-state index contributed by atoms with van der Waals surface area (Å²) in [6.45, 7) is 1.16. The second-order valence-electron chi connectivity index (χ2n) is 6.84. The van der Waals surface area contributed by atoms with Crippen LogP contribution >= 0.6 is 0 Å². The summed E-state index contributed by atoms with van der Waals surface area (Å²) in [7, 11) is -1.86. The number of amides is 2. The molecule has 0 unspecified atom stereocenters. The van der Waals surface area contributed by atoms with Crippen LogP contribution in [-0.4, -0.2) is 46.7 Å². The number of likely N-dealkylation sites (tertiary alicyclic amines) is 1. The fraction of sp³-hybridized carbons (Fsp3) is 0.350. The van der Waals surface area contributed by atoms with Crippen molar-refractivity contribution in [3.63, 3.8) is 0 Å². The molecule has 0 saturated carbocycles. The molecule has 0 aliphatic carbocycles. The van der Waals surface area contributed by atoms with Crippen molar-refractivity contribution >= 4 is 22.2 Å². The summed E-state index contributed by atoms with van der Waals surface area (Å²) in [5.41, 5.74) is 1.56. The van der Waals surface area contributed by atoms with Gasteiger partial charge in [-0.1, -0.05) is 3.89 Å². The van der Waals surface area contributed by atoms with Crippen molar-refractivity contribution < 1.29 is 30.8 Å². The van der Waals surface area contributed by atoms with Crippen LogP contribution in [0.5, 0.6) is 17.2 Å². The van der Waals surface area contributed by atoms with Crippen LogP contribution in [0, 0.1) is 0 Å². The number of nitrogens with zero attached hydrogens (tertiary/aromatic N) is 1. The fourth-order valence-electron chi connectivity index (χ4n) is 3.39. The Balaban J connectivity index is 1.57. The Kier molecular flexibility index (Phi) is 6.66. The van der Waals surface area contributed by atoms with Gasteiger partial charge >= 0.3 is 16.5 Å². The van der Waals surface area contributed by atoms with Gasteiger partial charge < -0.3 is 23.9 Å². The van der Waals surface area contributed by atoms with E-state index in [4.69, 9.17) is 9.47 Å². The smallest absolute Gasteiger partial charge is 0.488 e. The van der Waals surface area contributed by atoms with Gasteiger partial charge in [0.05, 0.1) is 14.2 Å². The van der Waals surface area contributed by atoms with E-state index in [1.54, 1.807) is 19.1 Å². The van der Waals surface area contributed by atoms with Gasteiger partial charge in [-0.25, -0.2) is 4.79 Å². The normalized spacial score (nSPS) is 14.8. The first-order valence-corrected chi connectivity index (χ1v) is 10.6. The van der Waals surface area contributed by atoms with E-state index in [1.807, 2.05) is 18.2 Å². The van der Waals surface area contributed by atoms with Gasteiger partial charge in [0.1, 0.15) is 17.2 Å².